The summed E-state index contributed by atoms with van der Waals surface area (Å²) >= 11 is 5.87. The molecule has 0 fully saturated rings. The van der Waals surface area contributed by atoms with E-state index in [0.717, 1.165) is 5.56 Å². The number of hydrogen-bond acceptors (Lipinski definition) is 5. The molecule has 0 aliphatic carbocycles. The van der Waals surface area contributed by atoms with Gasteiger partial charge < -0.3 is 19.7 Å². The molecule has 0 saturated carbocycles. The van der Waals surface area contributed by atoms with Crippen molar-refractivity contribution < 1.29 is 18.6 Å². The summed E-state index contributed by atoms with van der Waals surface area (Å²) in [6.45, 7) is 5.27. The number of rotatable bonds is 12. The van der Waals surface area contributed by atoms with Crippen molar-refractivity contribution in [3.05, 3.63) is 34.9 Å². The lowest BCUT2D eigenvalue weighted by atomic mass is 10.2. The lowest BCUT2D eigenvalue weighted by molar-refractivity contribution is -0.0919. The molecule has 2 atom stereocenters. The van der Waals surface area contributed by atoms with Crippen LogP contribution in [0.15, 0.2) is 24.3 Å². The van der Waals surface area contributed by atoms with Crippen molar-refractivity contribution in [3.63, 3.8) is 0 Å². The standard InChI is InChI=1S/C16H27ClNO4P/c1-3-20-16(23(19,22-4-2)13-5-11-18)21-12-10-14-6-8-15(17)9-7-14/h6-9,16H,3-5,10-13,18H2,1-2H3. The summed E-state index contributed by atoms with van der Waals surface area (Å²) in [6.07, 6.45) is 1.66. The Morgan fingerprint density at radius 2 is 1.87 bits per heavy atom. The van der Waals surface area contributed by atoms with Crippen LogP contribution in [0.1, 0.15) is 25.8 Å². The number of halogens is 1. The first-order valence-electron chi connectivity index (χ1n) is 7.96. The molecule has 0 aliphatic rings. The Hall–Kier alpha value is -0.420. The first-order valence-corrected chi connectivity index (χ1v) is 10.2. The van der Waals surface area contributed by atoms with Gasteiger partial charge in [0.1, 0.15) is 0 Å². The van der Waals surface area contributed by atoms with Gasteiger partial charge in [0.25, 0.3) is 7.37 Å². The van der Waals surface area contributed by atoms with E-state index in [1.54, 1.807) is 0 Å². The monoisotopic (exact) mass is 363 g/mol. The van der Waals surface area contributed by atoms with Gasteiger partial charge in [-0.3, -0.25) is 4.57 Å². The molecule has 132 valence electrons. The van der Waals surface area contributed by atoms with E-state index in [4.69, 9.17) is 31.3 Å². The molecular weight excluding hydrogens is 337 g/mol. The van der Waals surface area contributed by atoms with Crippen molar-refractivity contribution >= 4 is 19.0 Å². The van der Waals surface area contributed by atoms with Gasteiger partial charge in [0.15, 0.2) is 0 Å². The van der Waals surface area contributed by atoms with Crippen LogP contribution in [0.2, 0.25) is 5.02 Å². The normalized spacial score (nSPS) is 15.3. The molecule has 0 heterocycles. The van der Waals surface area contributed by atoms with E-state index in [1.807, 2.05) is 38.1 Å². The van der Waals surface area contributed by atoms with Crippen LogP contribution in [0.3, 0.4) is 0 Å². The zero-order chi connectivity index (χ0) is 17.1. The van der Waals surface area contributed by atoms with E-state index in [2.05, 4.69) is 0 Å². The highest BCUT2D eigenvalue weighted by molar-refractivity contribution is 7.59. The van der Waals surface area contributed by atoms with E-state index in [-0.39, 0.29) is 0 Å². The first kappa shape index (κ1) is 20.6. The summed E-state index contributed by atoms with van der Waals surface area (Å²) in [5.41, 5.74) is 6.62. The maximum absolute atomic E-state index is 13.0. The Morgan fingerprint density at radius 3 is 2.43 bits per heavy atom. The fourth-order valence-electron chi connectivity index (χ4n) is 2.11. The molecule has 1 rings (SSSR count). The van der Waals surface area contributed by atoms with Crippen LogP contribution >= 0.6 is 19.0 Å². The summed E-state index contributed by atoms with van der Waals surface area (Å²) in [6, 6.07) is 6.72. The fraction of sp³-hybridized carbons (Fsp3) is 0.625. The molecule has 0 aliphatic heterocycles. The third-order valence-electron chi connectivity index (χ3n) is 3.22. The molecule has 5 nitrogen and oxygen atoms in total. The highest BCUT2D eigenvalue weighted by Crippen LogP contribution is 2.53. The molecule has 0 saturated heterocycles. The molecule has 23 heavy (non-hydrogen) atoms. The van der Waals surface area contributed by atoms with Gasteiger partial charge in [-0.2, -0.15) is 0 Å². The van der Waals surface area contributed by atoms with Crippen molar-refractivity contribution in [2.75, 3.05) is 32.5 Å². The second-order valence-corrected chi connectivity index (χ2v) is 8.04. The second-order valence-electron chi connectivity index (χ2n) is 5.02. The lowest BCUT2D eigenvalue weighted by Gasteiger charge is -2.27. The molecule has 0 radical (unpaired) electrons. The van der Waals surface area contributed by atoms with E-state index in [0.29, 0.717) is 50.4 Å². The van der Waals surface area contributed by atoms with Crippen LogP contribution < -0.4 is 5.73 Å². The molecule has 0 spiro atoms. The third kappa shape index (κ3) is 7.34. The van der Waals surface area contributed by atoms with Crippen LogP contribution in [0.4, 0.5) is 0 Å². The average molecular weight is 364 g/mol. The minimum atomic E-state index is -3.04. The third-order valence-corrected chi connectivity index (χ3v) is 6.04. The average Bonchev–Trinajstić information content (AvgIpc) is 2.54. The van der Waals surface area contributed by atoms with E-state index >= 15 is 0 Å². The minimum absolute atomic E-state index is 0.353. The predicted octanol–water partition coefficient (Wildman–Crippen LogP) is 3.88. The molecule has 1 aromatic rings. The summed E-state index contributed by atoms with van der Waals surface area (Å²) in [4.78, 5) is 0. The second kappa shape index (κ2) is 11.2. The summed E-state index contributed by atoms with van der Waals surface area (Å²) in [5.74, 6) is 0. The Kier molecular flexibility index (Phi) is 10.0. The van der Waals surface area contributed by atoms with E-state index in [1.165, 1.54) is 0 Å². The molecule has 0 amide bonds. The van der Waals surface area contributed by atoms with Gasteiger partial charge in [-0.15, -0.1) is 0 Å². The molecule has 2 unspecified atom stereocenters. The number of hydrogen-bond donors (Lipinski definition) is 1. The fourth-order valence-corrected chi connectivity index (χ4v) is 4.46. The maximum atomic E-state index is 13.0. The van der Waals surface area contributed by atoms with E-state index in [9.17, 15) is 4.57 Å². The largest absolute Gasteiger partial charge is 0.345 e. The molecule has 0 bridgehead atoms. The van der Waals surface area contributed by atoms with Crippen molar-refractivity contribution in [1.82, 2.24) is 0 Å². The van der Waals surface area contributed by atoms with Crippen molar-refractivity contribution in [1.29, 1.82) is 0 Å². The Labute approximate surface area is 143 Å². The lowest BCUT2D eigenvalue weighted by Crippen LogP contribution is -2.23. The van der Waals surface area contributed by atoms with Gasteiger partial charge in [0.05, 0.1) is 13.2 Å². The molecule has 7 heteroatoms. The quantitative estimate of drug-likeness (QED) is 0.450. The van der Waals surface area contributed by atoms with Gasteiger partial charge in [-0.25, -0.2) is 0 Å². The van der Waals surface area contributed by atoms with Crippen LogP contribution in [-0.4, -0.2) is 38.6 Å². The Bertz CT molecular complexity index is 483. The van der Waals surface area contributed by atoms with Crippen LogP contribution in [0.5, 0.6) is 0 Å². The van der Waals surface area contributed by atoms with Gasteiger partial charge in [-0.05, 0) is 50.9 Å². The minimum Gasteiger partial charge on any atom is -0.345 e. The van der Waals surface area contributed by atoms with Crippen molar-refractivity contribution in [3.8, 4) is 0 Å². The SMILES string of the molecule is CCOC(OCCc1ccc(Cl)cc1)P(=O)(CCCN)OCC. The van der Waals surface area contributed by atoms with Crippen LogP contribution in [0.25, 0.3) is 0 Å². The Morgan fingerprint density at radius 1 is 1.17 bits per heavy atom. The Balaban J connectivity index is 2.63. The highest BCUT2D eigenvalue weighted by Gasteiger charge is 2.35. The van der Waals surface area contributed by atoms with Gasteiger partial charge >= 0.3 is 0 Å². The van der Waals surface area contributed by atoms with Gasteiger partial charge in [0, 0.05) is 17.8 Å². The zero-order valence-corrected chi connectivity index (χ0v) is 15.5. The summed E-state index contributed by atoms with van der Waals surface area (Å²) in [7, 11) is -3.04. The topological polar surface area (TPSA) is 70.8 Å². The van der Waals surface area contributed by atoms with Gasteiger partial charge in [0.2, 0.25) is 6.03 Å². The number of benzene rings is 1. The number of nitrogens with two attached hydrogens (primary N) is 1. The smallest absolute Gasteiger partial charge is 0.257 e. The maximum Gasteiger partial charge on any atom is 0.257 e. The molecule has 0 aromatic heterocycles. The first-order chi connectivity index (χ1) is 11.1. The van der Waals surface area contributed by atoms with Gasteiger partial charge in [-0.1, -0.05) is 23.7 Å². The summed E-state index contributed by atoms with van der Waals surface area (Å²) < 4.78 is 29.8. The zero-order valence-electron chi connectivity index (χ0n) is 13.9. The highest BCUT2D eigenvalue weighted by atomic mass is 35.5. The van der Waals surface area contributed by atoms with Crippen molar-refractivity contribution in [2.24, 2.45) is 5.73 Å². The van der Waals surface area contributed by atoms with E-state index < -0.39 is 13.4 Å². The van der Waals surface area contributed by atoms with Crippen molar-refractivity contribution in [2.45, 2.75) is 32.7 Å². The predicted molar refractivity (Wildman–Crippen MR) is 94.3 cm³/mol. The molecule has 1 aromatic carbocycles. The number of ether oxygens (including phenoxy) is 2. The summed E-state index contributed by atoms with van der Waals surface area (Å²) in [5, 5.41) is 0.699. The van der Waals surface area contributed by atoms with Crippen LogP contribution in [0, 0.1) is 0 Å². The molecular formula is C16H27ClNO4P. The van der Waals surface area contributed by atoms with Crippen LogP contribution in [-0.2, 0) is 25.0 Å². The molecule has 2 N–H and O–H groups in total.